The van der Waals surface area contributed by atoms with Crippen LogP contribution in [0.2, 0.25) is 0 Å². The van der Waals surface area contributed by atoms with Gasteiger partial charge in [-0.1, -0.05) is 15.9 Å². The molecule has 2 aromatic rings. The first-order valence-corrected chi connectivity index (χ1v) is 5.70. The Kier molecular flexibility index (Phi) is 3.29. The van der Waals surface area contributed by atoms with Crippen LogP contribution in [-0.4, -0.2) is 0 Å². The third kappa shape index (κ3) is 2.44. The predicted molar refractivity (Wildman–Crippen MR) is 64.8 cm³/mol. The summed E-state index contributed by atoms with van der Waals surface area (Å²) in [5.41, 5.74) is 1.46. The zero-order valence-corrected chi connectivity index (χ0v) is 10.3. The molecule has 0 radical (unpaired) electrons. The van der Waals surface area contributed by atoms with Crippen molar-refractivity contribution < 1.29 is 8.81 Å². The van der Waals surface area contributed by atoms with Crippen molar-refractivity contribution in [2.24, 2.45) is 0 Å². The van der Waals surface area contributed by atoms with Crippen molar-refractivity contribution in [3.63, 3.8) is 0 Å². The van der Waals surface area contributed by atoms with E-state index in [2.05, 4.69) is 21.2 Å². The molecule has 0 spiro atoms. The van der Waals surface area contributed by atoms with Gasteiger partial charge in [0.25, 0.3) is 0 Å². The summed E-state index contributed by atoms with van der Waals surface area (Å²) < 4.78 is 19.3. The van der Waals surface area contributed by atoms with Crippen molar-refractivity contribution in [2.75, 3.05) is 5.32 Å². The van der Waals surface area contributed by atoms with Gasteiger partial charge in [0, 0.05) is 10.0 Å². The summed E-state index contributed by atoms with van der Waals surface area (Å²) in [6.07, 6.45) is 3.25. The number of nitrogens with one attached hydrogen (secondary N) is 1. The van der Waals surface area contributed by atoms with Crippen molar-refractivity contribution in [3.05, 3.63) is 52.6 Å². The molecule has 0 aliphatic carbocycles. The summed E-state index contributed by atoms with van der Waals surface area (Å²) in [5, 5.41) is 3.09. The fourth-order valence-electron chi connectivity index (χ4n) is 1.45. The Hall–Kier alpha value is -1.29. The van der Waals surface area contributed by atoms with E-state index in [0.29, 0.717) is 5.69 Å². The van der Waals surface area contributed by atoms with Crippen molar-refractivity contribution in [1.82, 2.24) is 0 Å². The van der Waals surface area contributed by atoms with Crippen LogP contribution in [0, 0.1) is 5.82 Å². The quantitative estimate of drug-likeness (QED) is 0.906. The minimum absolute atomic E-state index is 0.00236. The lowest BCUT2D eigenvalue weighted by Crippen LogP contribution is -2.06. The second kappa shape index (κ2) is 4.70. The van der Waals surface area contributed by atoms with E-state index in [9.17, 15) is 4.39 Å². The first-order valence-electron chi connectivity index (χ1n) is 4.90. The van der Waals surface area contributed by atoms with Gasteiger partial charge in [-0.2, -0.15) is 0 Å². The second-order valence-corrected chi connectivity index (χ2v) is 4.46. The van der Waals surface area contributed by atoms with Gasteiger partial charge in [0.05, 0.1) is 24.3 Å². The van der Waals surface area contributed by atoms with E-state index in [1.165, 1.54) is 6.07 Å². The maximum atomic E-state index is 13.5. The van der Waals surface area contributed by atoms with Crippen molar-refractivity contribution in [1.29, 1.82) is 0 Å². The highest BCUT2D eigenvalue weighted by molar-refractivity contribution is 9.10. The highest BCUT2D eigenvalue weighted by atomic mass is 79.9. The van der Waals surface area contributed by atoms with Gasteiger partial charge < -0.3 is 9.73 Å². The smallest absolute Gasteiger partial charge is 0.146 e. The number of rotatable bonds is 3. The van der Waals surface area contributed by atoms with Gasteiger partial charge in [0.15, 0.2) is 0 Å². The largest absolute Gasteiger partial charge is 0.472 e. The molecule has 2 rings (SSSR count). The second-order valence-electron chi connectivity index (χ2n) is 3.55. The maximum absolute atomic E-state index is 13.5. The van der Waals surface area contributed by atoms with Crippen LogP contribution in [0.25, 0.3) is 0 Å². The molecule has 1 heterocycles. The van der Waals surface area contributed by atoms with Crippen LogP contribution in [0.4, 0.5) is 10.1 Å². The molecule has 1 aromatic carbocycles. The molecule has 4 heteroatoms. The number of anilines is 1. The zero-order valence-electron chi connectivity index (χ0n) is 8.71. The van der Waals surface area contributed by atoms with Crippen molar-refractivity contribution in [2.45, 2.75) is 13.0 Å². The van der Waals surface area contributed by atoms with Gasteiger partial charge in [0.2, 0.25) is 0 Å². The molecule has 0 amide bonds. The lowest BCUT2D eigenvalue weighted by molar-refractivity contribution is 0.562. The summed E-state index contributed by atoms with van der Waals surface area (Å²) in [5.74, 6) is -0.265. The van der Waals surface area contributed by atoms with E-state index >= 15 is 0 Å². The zero-order chi connectivity index (χ0) is 11.5. The summed E-state index contributed by atoms with van der Waals surface area (Å²) in [7, 11) is 0. The van der Waals surface area contributed by atoms with Crippen LogP contribution in [0.1, 0.15) is 18.5 Å². The summed E-state index contributed by atoms with van der Waals surface area (Å²) >= 11 is 3.31. The normalized spacial score (nSPS) is 12.4. The third-order valence-corrected chi connectivity index (χ3v) is 2.84. The third-order valence-electron chi connectivity index (χ3n) is 2.34. The molecular formula is C12H11BrFNO. The molecule has 0 bridgehead atoms. The molecule has 1 unspecified atom stereocenters. The summed E-state index contributed by atoms with van der Waals surface area (Å²) in [6.45, 7) is 1.95. The molecular weight excluding hydrogens is 273 g/mol. The Morgan fingerprint density at radius 2 is 2.19 bits per heavy atom. The minimum Gasteiger partial charge on any atom is -0.472 e. The Bertz CT molecular complexity index is 470. The van der Waals surface area contributed by atoms with Crippen LogP contribution in [0.15, 0.2) is 45.7 Å². The topological polar surface area (TPSA) is 25.2 Å². The van der Waals surface area contributed by atoms with Crippen LogP contribution < -0.4 is 5.32 Å². The molecule has 0 fully saturated rings. The van der Waals surface area contributed by atoms with E-state index in [4.69, 9.17) is 4.42 Å². The first-order chi connectivity index (χ1) is 7.66. The molecule has 84 valence electrons. The molecule has 1 atom stereocenters. The van der Waals surface area contributed by atoms with Crippen LogP contribution in [0.5, 0.6) is 0 Å². The van der Waals surface area contributed by atoms with Crippen molar-refractivity contribution in [3.8, 4) is 0 Å². The molecule has 1 N–H and O–H groups in total. The Morgan fingerprint density at radius 1 is 1.38 bits per heavy atom. The first kappa shape index (κ1) is 11.2. The van der Waals surface area contributed by atoms with Gasteiger partial charge in [-0.25, -0.2) is 4.39 Å². The fraction of sp³-hybridized carbons (Fsp3) is 0.167. The molecule has 0 aliphatic rings. The number of hydrogen-bond donors (Lipinski definition) is 1. The minimum atomic E-state index is -0.265. The molecule has 0 saturated carbocycles. The van der Waals surface area contributed by atoms with E-state index in [-0.39, 0.29) is 11.9 Å². The predicted octanol–water partition coefficient (Wildman–Crippen LogP) is 4.35. The van der Waals surface area contributed by atoms with Crippen LogP contribution >= 0.6 is 15.9 Å². The summed E-state index contributed by atoms with van der Waals surface area (Å²) in [6, 6.07) is 6.67. The van der Waals surface area contributed by atoms with Crippen LogP contribution in [0.3, 0.4) is 0 Å². The van der Waals surface area contributed by atoms with Crippen molar-refractivity contribution >= 4 is 21.6 Å². The standard InChI is InChI=1S/C12H11BrFNO/c1-8(9-4-5-16-7-9)15-12-6-10(13)2-3-11(12)14/h2-8,15H,1H3. The lowest BCUT2D eigenvalue weighted by Gasteiger charge is -2.14. The Labute approximate surface area is 102 Å². The number of halogens is 2. The highest BCUT2D eigenvalue weighted by Gasteiger charge is 2.09. The maximum Gasteiger partial charge on any atom is 0.146 e. The molecule has 16 heavy (non-hydrogen) atoms. The van der Waals surface area contributed by atoms with Gasteiger partial charge in [-0.3, -0.25) is 0 Å². The molecule has 2 nitrogen and oxygen atoms in total. The average molecular weight is 284 g/mol. The lowest BCUT2D eigenvalue weighted by atomic mass is 10.1. The van der Waals surface area contributed by atoms with Gasteiger partial charge in [0.1, 0.15) is 5.82 Å². The van der Waals surface area contributed by atoms with E-state index in [0.717, 1.165) is 10.0 Å². The summed E-state index contributed by atoms with van der Waals surface area (Å²) in [4.78, 5) is 0. The number of benzene rings is 1. The Balaban J connectivity index is 2.17. The Morgan fingerprint density at radius 3 is 2.88 bits per heavy atom. The monoisotopic (exact) mass is 283 g/mol. The van der Waals surface area contributed by atoms with E-state index < -0.39 is 0 Å². The average Bonchev–Trinajstić information content (AvgIpc) is 2.76. The molecule has 0 aliphatic heterocycles. The van der Waals surface area contributed by atoms with Gasteiger partial charge in [-0.15, -0.1) is 0 Å². The number of furan rings is 1. The van der Waals surface area contributed by atoms with Gasteiger partial charge in [-0.05, 0) is 31.2 Å². The fourth-order valence-corrected chi connectivity index (χ4v) is 1.81. The van der Waals surface area contributed by atoms with Gasteiger partial charge >= 0.3 is 0 Å². The highest BCUT2D eigenvalue weighted by Crippen LogP contribution is 2.24. The SMILES string of the molecule is CC(Nc1cc(Br)ccc1F)c1ccoc1. The van der Waals surface area contributed by atoms with E-state index in [1.54, 1.807) is 24.7 Å². The number of hydrogen-bond acceptors (Lipinski definition) is 2. The van der Waals surface area contributed by atoms with Crippen LogP contribution in [-0.2, 0) is 0 Å². The van der Waals surface area contributed by atoms with E-state index in [1.807, 2.05) is 13.0 Å². The molecule has 0 saturated heterocycles. The molecule has 1 aromatic heterocycles.